The van der Waals surface area contributed by atoms with Crippen molar-refractivity contribution in [2.45, 2.75) is 26.3 Å². The van der Waals surface area contributed by atoms with Crippen LogP contribution in [0, 0.1) is 6.92 Å². The average molecular weight is 321 g/mol. The van der Waals surface area contributed by atoms with Gasteiger partial charge in [-0.15, -0.1) is 0 Å². The van der Waals surface area contributed by atoms with Gasteiger partial charge in [-0.05, 0) is 53.9 Å². The van der Waals surface area contributed by atoms with Crippen molar-refractivity contribution in [1.29, 1.82) is 0 Å². The molecule has 1 heterocycles. The van der Waals surface area contributed by atoms with Crippen LogP contribution in [0.1, 0.15) is 18.1 Å². The van der Waals surface area contributed by atoms with Gasteiger partial charge in [0.05, 0.1) is 6.20 Å². The third kappa shape index (κ3) is 4.04. The summed E-state index contributed by atoms with van der Waals surface area (Å²) in [4.78, 5) is 4.09. The van der Waals surface area contributed by atoms with Gasteiger partial charge in [0.15, 0.2) is 0 Å². The van der Waals surface area contributed by atoms with Gasteiger partial charge in [0.2, 0.25) is 0 Å². The van der Waals surface area contributed by atoms with Crippen LogP contribution in [-0.2, 0) is 6.42 Å². The Balaban J connectivity index is 2.28. The number of aryl methyl sites for hydroxylation is 1. The van der Waals surface area contributed by atoms with E-state index < -0.39 is 0 Å². The molecule has 1 aromatic heterocycles. The minimum Gasteiger partial charge on any atom is -0.455 e. The molecule has 3 nitrogen and oxygen atoms in total. The molecule has 0 radical (unpaired) electrons. The molecule has 1 atom stereocenters. The molecule has 0 saturated heterocycles. The number of rotatable bonds is 4. The first kappa shape index (κ1) is 14.0. The van der Waals surface area contributed by atoms with Gasteiger partial charge in [0.1, 0.15) is 11.5 Å². The number of aromatic nitrogens is 1. The minimum absolute atomic E-state index is 0.102. The molecule has 4 heteroatoms. The van der Waals surface area contributed by atoms with E-state index in [1.54, 1.807) is 12.4 Å². The molecule has 2 aromatic rings. The summed E-state index contributed by atoms with van der Waals surface area (Å²) in [6, 6.07) is 8.12. The molecule has 0 aliphatic rings. The topological polar surface area (TPSA) is 48.1 Å². The predicted octanol–water partition coefficient (Wildman–Crippen LogP) is 3.83. The van der Waals surface area contributed by atoms with Crippen LogP contribution in [0.3, 0.4) is 0 Å². The van der Waals surface area contributed by atoms with E-state index >= 15 is 0 Å². The van der Waals surface area contributed by atoms with Gasteiger partial charge in [-0.3, -0.25) is 4.98 Å². The van der Waals surface area contributed by atoms with Gasteiger partial charge in [-0.25, -0.2) is 0 Å². The highest BCUT2D eigenvalue weighted by molar-refractivity contribution is 9.10. The lowest BCUT2D eigenvalue weighted by Crippen LogP contribution is -2.18. The molecule has 100 valence electrons. The standard InChI is InChI=1S/C15H17BrN2O/c1-10-3-4-15(12(5-10)6-11(2)17)19-14-7-13(16)8-18-9-14/h3-5,7-9,11H,6,17H2,1-2H3. The van der Waals surface area contributed by atoms with E-state index in [0.717, 1.165) is 22.2 Å². The average Bonchev–Trinajstić information content (AvgIpc) is 2.32. The number of hydrogen-bond acceptors (Lipinski definition) is 3. The zero-order valence-corrected chi connectivity index (χ0v) is 12.6. The van der Waals surface area contributed by atoms with Crippen molar-refractivity contribution in [2.24, 2.45) is 5.73 Å². The molecule has 1 aromatic carbocycles. The van der Waals surface area contributed by atoms with Gasteiger partial charge >= 0.3 is 0 Å². The molecule has 0 aliphatic carbocycles. The van der Waals surface area contributed by atoms with Crippen molar-refractivity contribution in [2.75, 3.05) is 0 Å². The number of benzene rings is 1. The highest BCUT2D eigenvalue weighted by atomic mass is 79.9. The second kappa shape index (κ2) is 6.17. The van der Waals surface area contributed by atoms with Crippen molar-refractivity contribution in [3.8, 4) is 11.5 Å². The van der Waals surface area contributed by atoms with Crippen LogP contribution in [0.4, 0.5) is 0 Å². The van der Waals surface area contributed by atoms with Gasteiger partial charge in [-0.2, -0.15) is 0 Å². The van der Waals surface area contributed by atoms with Crippen molar-refractivity contribution in [3.63, 3.8) is 0 Å². The van der Waals surface area contributed by atoms with Gasteiger partial charge in [0, 0.05) is 16.7 Å². The minimum atomic E-state index is 0.102. The van der Waals surface area contributed by atoms with Gasteiger partial charge < -0.3 is 10.5 Å². The first-order valence-corrected chi connectivity index (χ1v) is 6.97. The Morgan fingerprint density at radius 1 is 1.32 bits per heavy atom. The molecular weight excluding hydrogens is 304 g/mol. The molecule has 19 heavy (non-hydrogen) atoms. The van der Waals surface area contributed by atoms with Gasteiger partial charge in [0.25, 0.3) is 0 Å². The smallest absolute Gasteiger partial charge is 0.146 e. The summed E-state index contributed by atoms with van der Waals surface area (Å²) in [6.45, 7) is 4.06. The molecule has 0 amide bonds. The van der Waals surface area contributed by atoms with E-state index in [4.69, 9.17) is 10.5 Å². The molecule has 2 N–H and O–H groups in total. The third-order valence-corrected chi connectivity index (χ3v) is 3.10. The van der Waals surface area contributed by atoms with E-state index in [1.165, 1.54) is 5.56 Å². The summed E-state index contributed by atoms with van der Waals surface area (Å²) < 4.78 is 6.79. The predicted molar refractivity (Wildman–Crippen MR) is 80.5 cm³/mol. The largest absolute Gasteiger partial charge is 0.455 e. The fraction of sp³-hybridized carbons (Fsp3) is 0.267. The lowest BCUT2D eigenvalue weighted by molar-refractivity contribution is 0.471. The lowest BCUT2D eigenvalue weighted by atomic mass is 10.0. The van der Waals surface area contributed by atoms with Crippen LogP contribution >= 0.6 is 15.9 Å². The highest BCUT2D eigenvalue weighted by Crippen LogP contribution is 2.28. The number of pyridine rings is 1. The van der Waals surface area contributed by atoms with Crippen LogP contribution in [-0.4, -0.2) is 11.0 Å². The Morgan fingerprint density at radius 3 is 2.79 bits per heavy atom. The Morgan fingerprint density at radius 2 is 2.11 bits per heavy atom. The van der Waals surface area contributed by atoms with E-state index in [1.807, 2.05) is 25.1 Å². The number of hydrogen-bond donors (Lipinski definition) is 1. The summed E-state index contributed by atoms with van der Waals surface area (Å²) in [6.07, 6.45) is 4.21. The summed E-state index contributed by atoms with van der Waals surface area (Å²) in [5, 5.41) is 0. The first-order valence-electron chi connectivity index (χ1n) is 6.18. The molecular formula is C15H17BrN2O. The van der Waals surface area contributed by atoms with Crippen LogP contribution in [0.15, 0.2) is 41.1 Å². The van der Waals surface area contributed by atoms with Crippen LogP contribution < -0.4 is 10.5 Å². The van der Waals surface area contributed by atoms with Crippen LogP contribution in [0.5, 0.6) is 11.5 Å². The van der Waals surface area contributed by atoms with E-state index in [-0.39, 0.29) is 6.04 Å². The molecule has 2 rings (SSSR count). The molecule has 0 bridgehead atoms. The highest BCUT2D eigenvalue weighted by Gasteiger charge is 2.08. The summed E-state index contributed by atoms with van der Waals surface area (Å²) >= 11 is 3.38. The number of ether oxygens (including phenoxy) is 1. The van der Waals surface area contributed by atoms with Gasteiger partial charge in [-0.1, -0.05) is 17.7 Å². The zero-order valence-electron chi connectivity index (χ0n) is 11.1. The van der Waals surface area contributed by atoms with Crippen LogP contribution in [0.2, 0.25) is 0 Å². The number of halogens is 1. The first-order chi connectivity index (χ1) is 9.04. The second-order valence-electron chi connectivity index (χ2n) is 4.73. The number of nitrogens with two attached hydrogens (primary N) is 1. The van der Waals surface area contributed by atoms with Crippen molar-refractivity contribution < 1.29 is 4.74 Å². The Kier molecular flexibility index (Phi) is 4.56. The fourth-order valence-corrected chi connectivity index (χ4v) is 2.23. The van der Waals surface area contributed by atoms with Crippen molar-refractivity contribution in [1.82, 2.24) is 4.98 Å². The van der Waals surface area contributed by atoms with E-state index in [0.29, 0.717) is 5.75 Å². The lowest BCUT2D eigenvalue weighted by Gasteiger charge is -2.13. The normalized spacial score (nSPS) is 12.2. The molecule has 0 saturated carbocycles. The molecule has 0 aliphatic heterocycles. The fourth-order valence-electron chi connectivity index (χ4n) is 1.89. The number of nitrogens with zero attached hydrogens (tertiary/aromatic N) is 1. The Labute approximate surface area is 121 Å². The van der Waals surface area contributed by atoms with E-state index in [2.05, 4.69) is 33.9 Å². The zero-order chi connectivity index (χ0) is 13.8. The monoisotopic (exact) mass is 320 g/mol. The van der Waals surface area contributed by atoms with Crippen molar-refractivity contribution in [3.05, 3.63) is 52.3 Å². The summed E-state index contributed by atoms with van der Waals surface area (Å²) in [5.41, 5.74) is 8.21. The molecule has 1 unspecified atom stereocenters. The maximum absolute atomic E-state index is 5.90. The quantitative estimate of drug-likeness (QED) is 0.931. The second-order valence-corrected chi connectivity index (χ2v) is 5.65. The van der Waals surface area contributed by atoms with E-state index in [9.17, 15) is 0 Å². The summed E-state index contributed by atoms with van der Waals surface area (Å²) in [7, 11) is 0. The molecule has 0 spiro atoms. The third-order valence-electron chi connectivity index (χ3n) is 2.67. The SMILES string of the molecule is Cc1ccc(Oc2cncc(Br)c2)c(CC(C)N)c1. The Bertz CT molecular complexity index is 570. The summed E-state index contributed by atoms with van der Waals surface area (Å²) in [5.74, 6) is 1.55. The molecule has 0 fully saturated rings. The van der Waals surface area contributed by atoms with Crippen molar-refractivity contribution >= 4 is 15.9 Å². The van der Waals surface area contributed by atoms with Crippen LogP contribution in [0.25, 0.3) is 0 Å². The maximum Gasteiger partial charge on any atom is 0.146 e. The maximum atomic E-state index is 5.90. The Hall–Kier alpha value is -1.39.